The van der Waals surface area contributed by atoms with Gasteiger partial charge in [-0.25, -0.2) is 4.68 Å². The van der Waals surface area contributed by atoms with Crippen molar-refractivity contribution in [2.24, 2.45) is 0 Å². The molecular formula is C26H27N5O3S. The van der Waals surface area contributed by atoms with Crippen molar-refractivity contribution in [3.8, 4) is 0 Å². The lowest BCUT2D eigenvalue weighted by Crippen LogP contribution is -2.30. The Balaban J connectivity index is 1.56. The number of hydrogen-bond donors (Lipinski definition) is 2. The van der Waals surface area contributed by atoms with Gasteiger partial charge in [0.15, 0.2) is 0 Å². The van der Waals surface area contributed by atoms with E-state index in [9.17, 15) is 14.4 Å². The van der Waals surface area contributed by atoms with E-state index in [-0.39, 0.29) is 18.4 Å². The average Bonchev–Trinajstić information content (AvgIpc) is 3.10. The van der Waals surface area contributed by atoms with Crippen LogP contribution in [0.25, 0.3) is 5.52 Å². The number of carbonyl (C=O) groups is 2. The Morgan fingerprint density at radius 2 is 1.80 bits per heavy atom. The number of carbonyl (C=O) groups excluding carboxylic acids is 2. The number of fused-ring (bicyclic) bond motifs is 1. The summed E-state index contributed by atoms with van der Waals surface area (Å²) < 4.78 is 2.72. The molecule has 4 rings (SSSR count). The number of benzene rings is 2. The van der Waals surface area contributed by atoms with Gasteiger partial charge < -0.3 is 10.6 Å². The predicted molar refractivity (Wildman–Crippen MR) is 138 cm³/mol. The largest absolute Gasteiger partial charge is 0.348 e. The molecule has 0 saturated carbocycles. The van der Waals surface area contributed by atoms with E-state index in [1.54, 1.807) is 36.1 Å². The molecule has 2 amide bonds. The van der Waals surface area contributed by atoms with Crippen molar-refractivity contribution in [2.45, 2.75) is 38.8 Å². The number of thioether (sulfide) groups is 1. The highest BCUT2D eigenvalue weighted by Gasteiger charge is 2.22. The molecule has 0 unspecified atom stereocenters. The number of nitrogens with zero attached hydrogens (tertiary/aromatic N) is 3. The third kappa shape index (κ3) is 5.14. The second-order valence-electron chi connectivity index (χ2n) is 8.35. The van der Waals surface area contributed by atoms with Gasteiger partial charge in [-0.15, -0.1) is 11.8 Å². The van der Waals surface area contributed by atoms with Crippen molar-refractivity contribution in [1.82, 2.24) is 19.5 Å². The summed E-state index contributed by atoms with van der Waals surface area (Å²) in [4.78, 5) is 39.8. The molecule has 0 fully saturated rings. The lowest BCUT2D eigenvalue weighted by molar-refractivity contribution is -0.117. The maximum atomic E-state index is 13.2. The van der Waals surface area contributed by atoms with Crippen LogP contribution >= 0.6 is 11.8 Å². The fraction of sp³-hybridized carbons (Fsp3) is 0.231. The second kappa shape index (κ2) is 10.2. The first-order valence-corrected chi connectivity index (χ1v) is 12.4. The van der Waals surface area contributed by atoms with E-state index < -0.39 is 5.56 Å². The maximum absolute atomic E-state index is 13.2. The van der Waals surface area contributed by atoms with E-state index in [4.69, 9.17) is 0 Å². The first-order valence-electron chi connectivity index (χ1n) is 11.1. The minimum atomic E-state index is -0.432. The van der Waals surface area contributed by atoms with Crippen LogP contribution in [0, 0.1) is 20.8 Å². The van der Waals surface area contributed by atoms with Crippen LogP contribution in [0.15, 0.2) is 64.5 Å². The fourth-order valence-corrected chi connectivity index (χ4v) is 4.48. The summed E-state index contributed by atoms with van der Waals surface area (Å²) in [6.45, 7) is 5.66. The average molecular weight is 490 g/mol. The summed E-state index contributed by atoms with van der Waals surface area (Å²) >= 11 is 1.57. The number of hydrogen-bond acceptors (Lipinski definition) is 5. The van der Waals surface area contributed by atoms with Gasteiger partial charge in [-0.05, 0) is 56.4 Å². The van der Waals surface area contributed by atoms with Crippen LogP contribution in [-0.4, -0.2) is 32.3 Å². The van der Waals surface area contributed by atoms with Gasteiger partial charge in [-0.3, -0.25) is 18.8 Å². The maximum Gasteiger partial charge on any atom is 0.291 e. The third-order valence-corrected chi connectivity index (χ3v) is 6.61. The van der Waals surface area contributed by atoms with Crippen LogP contribution in [-0.2, 0) is 17.9 Å². The normalized spacial score (nSPS) is 11.0. The lowest BCUT2D eigenvalue weighted by Gasteiger charge is -2.08. The van der Waals surface area contributed by atoms with Crippen molar-refractivity contribution >= 4 is 34.8 Å². The second-order valence-corrected chi connectivity index (χ2v) is 9.23. The van der Waals surface area contributed by atoms with E-state index in [2.05, 4.69) is 15.7 Å². The van der Waals surface area contributed by atoms with Gasteiger partial charge in [0.2, 0.25) is 5.91 Å². The van der Waals surface area contributed by atoms with Crippen LogP contribution in [0.3, 0.4) is 0 Å². The minimum Gasteiger partial charge on any atom is -0.348 e. The molecular weight excluding hydrogens is 462 g/mol. The molecule has 0 atom stereocenters. The monoisotopic (exact) mass is 489 g/mol. The third-order valence-electron chi connectivity index (χ3n) is 5.89. The highest BCUT2D eigenvalue weighted by Crippen LogP contribution is 2.21. The SMILES string of the molecule is CSc1cccc(NC(=O)Cn2ncn3c(C)c(C(=O)NCc4ccc(C)cc4)c(C)c3c2=O)c1. The summed E-state index contributed by atoms with van der Waals surface area (Å²) in [5.41, 5.74) is 4.30. The molecule has 2 heterocycles. The summed E-state index contributed by atoms with van der Waals surface area (Å²) in [6.07, 6.45) is 3.43. The molecule has 0 saturated heterocycles. The lowest BCUT2D eigenvalue weighted by atomic mass is 10.1. The smallest absolute Gasteiger partial charge is 0.291 e. The van der Waals surface area contributed by atoms with Crippen molar-refractivity contribution < 1.29 is 9.59 Å². The first kappa shape index (κ1) is 24.3. The zero-order valence-electron chi connectivity index (χ0n) is 20.1. The number of aryl methyl sites for hydroxylation is 3. The molecule has 35 heavy (non-hydrogen) atoms. The summed E-state index contributed by atoms with van der Waals surface area (Å²) in [6, 6.07) is 15.4. The number of nitrogens with one attached hydrogen (secondary N) is 2. The number of rotatable bonds is 7. The Morgan fingerprint density at radius 3 is 2.51 bits per heavy atom. The van der Waals surface area contributed by atoms with E-state index >= 15 is 0 Å². The Bertz CT molecular complexity index is 1470. The Kier molecular flexibility index (Phi) is 7.07. The van der Waals surface area contributed by atoms with Crippen LogP contribution in [0.2, 0.25) is 0 Å². The molecule has 2 N–H and O–H groups in total. The molecule has 9 heteroatoms. The molecule has 8 nitrogen and oxygen atoms in total. The van der Waals surface area contributed by atoms with Gasteiger partial charge in [-0.2, -0.15) is 5.10 Å². The standard InChI is InChI=1S/C26H27N5O3S/c1-16-8-10-19(11-9-16)13-27-25(33)23-17(2)24-26(34)31(28-15-30(24)18(23)3)14-22(32)29-20-6-5-7-21(12-20)35-4/h5-12,15H,13-14H2,1-4H3,(H,27,33)(H,29,32). The first-order chi connectivity index (χ1) is 16.8. The molecule has 0 aliphatic carbocycles. The number of amides is 2. The topological polar surface area (TPSA) is 97.5 Å². The molecule has 2 aromatic carbocycles. The van der Waals surface area contributed by atoms with Crippen molar-refractivity contribution in [1.29, 1.82) is 0 Å². The Labute approximate surface area is 207 Å². The summed E-state index contributed by atoms with van der Waals surface area (Å²) in [5.74, 6) is -0.624. The highest BCUT2D eigenvalue weighted by molar-refractivity contribution is 7.98. The quantitative estimate of drug-likeness (QED) is 0.386. The van der Waals surface area contributed by atoms with Gasteiger partial charge in [0.25, 0.3) is 11.5 Å². The van der Waals surface area contributed by atoms with Crippen LogP contribution in [0.5, 0.6) is 0 Å². The van der Waals surface area contributed by atoms with Crippen LogP contribution in [0.4, 0.5) is 5.69 Å². The van der Waals surface area contributed by atoms with Gasteiger partial charge in [0.05, 0.1) is 5.56 Å². The summed E-state index contributed by atoms with van der Waals surface area (Å²) in [5, 5.41) is 9.90. The van der Waals surface area contributed by atoms with Crippen LogP contribution in [0.1, 0.15) is 32.7 Å². The zero-order valence-corrected chi connectivity index (χ0v) is 20.9. The molecule has 180 valence electrons. The number of aromatic nitrogens is 3. The molecule has 0 aliphatic rings. The highest BCUT2D eigenvalue weighted by atomic mass is 32.2. The molecule has 0 bridgehead atoms. The molecule has 0 spiro atoms. The summed E-state index contributed by atoms with van der Waals surface area (Å²) in [7, 11) is 0. The van der Waals surface area contributed by atoms with Crippen molar-refractivity contribution in [3.05, 3.63) is 93.2 Å². The predicted octanol–water partition coefficient (Wildman–Crippen LogP) is 3.71. The van der Waals surface area contributed by atoms with Gasteiger partial charge in [0, 0.05) is 22.8 Å². The molecule has 0 aliphatic heterocycles. The van der Waals surface area contributed by atoms with E-state index in [1.165, 1.54) is 6.33 Å². The Hall–Kier alpha value is -3.85. The van der Waals surface area contributed by atoms with E-state index in [1.807, 2.05) is 55.6 Å². The fourth-order valence-electron chi connectivity index (χ4n) is 4.02. The minimum absolute atomic E-state index is 0.239. The molecule has 0 radical (unpaired) electrons. The Morgan fingerprint density at radius 1 is 1.06 bits per heavy atom. The molecule has 2 aromatic heterocycles. The van der Waals surface area contributed by atoms with Gasteiger partial charge >= 0.3 is 0 Å². The van der Waals surface area contributed by atoms with Crippen molar-refractivity contribution in [2.75, 3.05) is 11.6 Å². The van der Waals surface area contributed by atoms with Crippen LogP contribution < -0.4 is 16.2 Å². The van der Waals surface area contributed by atoms with Crippen molar-refractivity contribution in [3.63, 3.8) is 0 Å². The zero-order chi connectivity index (χ0) is 25.1. The van der Waals surface area contributed by atoms with Gasteiger partial charge in [-0.1, -0.05) is 35.9 Å². The van der Waals surface area contributed by atoms with E-state index in [0.717, 1.165) is 20.7 Å². The van der Waals surface area contributed by atoms with E-state index in [0.29, 0.717) is 34.6 Å². The van der Waals surface area contributed by atoms with Gasteiger partial charge in [0.1, 0.15) is 18.4 Å². The molecule has 4 aromatic rings. The number of anilines is 1.